The highest BCUT2D eigenvalue weighted by molar-refractivity contribution is 9.10. The first-order valence-corrected chi connectivity index (χ1v) is 13.3. The van der Waals surface area contributed by atoms with Crippen molar-refractivity contribution in [3.8, 4) is 0 Å². The molecule has 2 fully saturated rings. The molecule has 4 rings (SSSR count). The molecule has 2 aliphatic heterocycles. The highest BCUT2D eigenvalue weighted by Gasteiger charge is 2.33. The van der Waals surface area contributed by atoms with Crippen LogP contribution >= 0.6 is 31.9 Å². The van der Waals surface area contributed by atoms with Crippen LogP contribution in [0.25, 0.3) is 0 Å². The normalized spacial score (nSPS) is 22.3. The third-order valence-corrected chi connectivity index (χ3v) is 7.12. The van der Waals surface area contributed by atoms with Crippen molar-refractivity contribution in [2.45, 2.75) is 44.9 Å². The lowest BCUT2D eigenvalue weighted by molar-refractivity contribution is -0.384. The molecule has 0 saturated carbocycles. The molecule has 192 valence electrons. The number of likely N-dealkylation sites (tertiary alicyclic amines) is 1. The number of hydrogen-bond donors (Lipinski definition) is 1. The number of ether oxygens (including phenoxy) is 1. The van der Waals surface area contributed by atoms with Gasteiger partial charge in [0.1, 0.15) is 5.69 Å². The molecular formula is C24H27Br2N5O5. The van der Waals surface area contributed by atoms with Crippen LogP contribution in [0.1, 0.15) is 47.4 Å². The molecule has 2 aliphatic rings. The average molecular weight is 625 g/mol. The number of amides is 2. The van der Waals surface area contributed by atoms with E-state index in [0.29, 0.717) is 47.1 Å². The number of benzene rings is 1. The zero-order valence-electron chi connectivity index (χ0n) is 19.9. The minimum atomic E-state index is -0.493. The number of carbonyl (C=O) groups excluding carboxylic acids is 2. The summed E-state index contributed by atoms with van der Waals surface area (Å²) in [5, 5.41) is 15.2. The number of nitro benzene ring substituents is 1. The monoisotopic (exact) mass is 623 g/mol. The Hall–Kier alpha value is -2.57. The first-order valence-electron chi connectivity index (χ1n) is 11.7. The molecule has 0 aliphatic carbocycles. The molecule has 2 aromatic rings. The fourth-order valence-corrected chi connectivity index (χ4v) is 5.58. The van der Waals surface area contributed by atoms with Crippen molar-refractivity contribution in [2.75, 3.05) is 31.5 Å². The van der Waals surface area contributed by atoms with Crippen molar-refractivity contribution in [1.29, 1.82) is 0 Å². The molecule has 1 aromatic heterocycles. The van der Waals surface area contributed by atoms with E-state index in [1.165, 1.54) is 12.3 Å². The fourth-order valence-electron chi connectivity index (χ4n) is 4.77. The second-order valence-electron chi connectivity index (χ2n) is 9.20. The number of piperidine rings is 1. The summed E-state index contributed by atoms with van der Waals surface area (Å²) in [7, 11) is 0. The Balaban J connectivity index is 1.61. The highest BCUT2D eigenvalue weighted by Crippen LogP contribution is 2.35. The van der Waals surface area contributed by atoms with Crippen molar-refractivity contribution >= 4 is 55.0 Å². The van der Waals surface area contributed by atoms with Crippen molar-refractivity contribution in [2.24, 2.45) is 0 Å². The van der Waals surface area contributed by atoms with E-state index in [9.17, 15) is 19.7 Å². The molecule has 3 heterocycles. The van der Waals surface area contributed by atoms with Gasteiger partial charge >= 0.3 is 0 Å². The van der Waals surface area contributed by atoms with Gasteiger partial charge in [0.05, 0.1) is 28.3 Å². The van der Waals surface area contributed by atoms with Gasteiger partial charge in [-0.1, -0.05) is 15.9 Å². The van der Waals surface area contributed by atoms with Crippen molar-refractivity contribution in [3.63, 3.8) is 0 Å². The molecule has 2 amide bonds. The number of nitrogens with one attached hydrogen (secondary N) is 1. The van der Waals surface area contributed by atoms with Gasteiger partial charge in [0.15, 0.2) is 0 Å². The minimum absolute atomic E-state index is 0.137. The van der Waals surface area contributed by atoms with Crippen LogP contribution in [-0.4, -0.2) is 76.0 Å². The van der Waals surface area contributed by atoms with Crippen LogP contribution < -0.4 is 5.32 Å². The number of nitro groups is 1. The molecule has 0 unspecified atom stereocenters. The van der Waals surface area contributed by atoms with E-state index in [-0.39, 0.29) is 47.0 Å². The van der Waals surface area contributed by atoms with Gasteiger partial charge < -0.3 is 19.9 Å². The molecule has 0 spiro atoms. The Morgan fingerprint density at radius 1 is 1.06 bits per heavy atom. The van der Waals surface area contributed by atoms with Gasteiger partial charge in [0.25, 0.3) is 17.5 Å². The van der Waals surface area contributed by atoms with Gasteiger partial charge in [0, 0.05) is 59.6 Å². The largest absolute Gasteiger partial charge is 0.374 e. The second kappa shape index (κ2) is 11.2. The van der Waals surface area contributed by atoms with Crippen molar-refractivity contribution < 1.29 is 19.2 Å². The Labute approximate surface area is 225 Å². The number of carbonyl (C=O) groups is 2. The average Bonchev–Trinajstić information content (AvgIpc) is 2.83. The summed E-state index contributed by atoms with van der Waals surface area (Å²) in [6.07, 6.45) is 4.27. The highest BCUT2D eigenvalue weighted by atomic mass is 79.9. The van der Waals surface area contributed by atoms with Gasteiger partial charge in [-0.15, -0.1) is 0 Å². The van der Waals surface area contributed by atoms with E-state index in [0.717, 1.165) is 6.42 Å². The van der Waals surface area contributed by atoms with Crippen LogP contribution in [0.2, 0.25) is 0 Å². The van der Waals surface area contributed by atoms with Gasteiger partial charge in [-0.25, -0.2) is 0 Å². The number of rotatable bonds is 5. The summed E-state index contributed by atoms with van der Waals surface area (Å²) in [4.78, 5) is 45.6. The maximum Gasteiger partial charge on any atom is 0.294 e. The Morgan fingerprint density at radius 3 is 2.44 bits per heavy atom. The molecule has 0 radical (unpaired) electrons. The van der Waals surface area contributed by atoms with Crippen molar-refractivity contribution in [3.05, 3.63) is 60.8 Å². The Bertz CT molecular complexity index is 1170. The van der Waals surface area contributed by atoms with Gasteiger partial charge in [-0.3, -0.25) is 24.7 Å². The van der Waals surface area contributed by atoms with Crippen LogP contribution in [-0.2, 0) is 4.74 Å². The molecule has 36 heavy (non-hydrogen) atoms. The van der Waals surface area contributed by atoms with Crippen molar-refractivity contribution in [1.82, 2.24) is 14.8 Å². The fraction of sp³-hybridized carbons (Fsp3) is 0.458. The van der Waals surface area contributed by atoms with Crippen LogP contribution in [0.5, 0.6) is 0 Å². The predicted molar refractivity (Wildman–Crippen MR) is 141 cm³/mol. The summed E-state index contributed by atoms with van der Waals surface area (Å²) < 4.78 is 6.90. The summed E-state index contributed by atoms with van der Waals surface area (Å²) in [5.74, 6) is -0.457. The van der Waals surface area contributed by atoms with Crippen LogP contribution in [0.3, 0.4) is 0 Å². The molecule has 0 bridgehead atoms. The van der Waals surface area contributed by atoms with E-state index in [1.54, 1.807) is 28.1 Å². The molecule has 12 heteroatoms. The summed E-state index contributed by atoms with van der Waals surface area (Å²) in [5.41, 5.74) is 0.660. The van der Waals surface area contributed by atoms with Gasteiger partial charge in [-0.2, -0.15) is 0 Å². The quantitative estimate of drug-likeness (QED) is 0.385. The number of pyridine rings is 1. The first-order chi connectivity index (χ1) is 17.1. The lowest BCUT2D eigenvalue weighted by Gasteiger charge is -2.36. The minimum Gasteiger partial charge on any atom is -0.374 e. The molecule has 1 aromatic carbocycles. The smallest absolute Gasteiger partial charge is 0.294 e. The van der Waals surface area contributed by atoms with Crippen LogP contribution in [0.15, 0.2) is 39.5 Å². The molecule has 3 atom stereocenters. The molecular weight excluding hydrogens is 598 g/mol. The maximum atomic E-state index is 13.6. The molecule has 10 nitrogen and oxygen atoms in total. The maximum absolute atomic E-state index is 13.6. The number of morpholine rings is 1. The van der Waals surface area contributed by atoms with Gasteiger partial charge in [0.2, 0.25) is 0 Å². The van der Waals surface area contributed by atoms with E-state index >= 15 is 0 Å². The number of anilines is 1. The summed E-state index contributed by atoms with van der Waals surface area (Å²) in [6, 6.07) is 4.45. The van der Waals surface area contributed by atoms with E-state index in [4.69, 9.17) is 4.74 Å². The lowest BCUT2D eigenvalue weighted by atomic mass is 10.0. The third kappa shape index (κ3) is 6.04. The number of halogens is 2. The van der Waals surface area contributed by atoms with E-state index in [2.05, 4.69) is 42.2 Å². The van der Waals surface area contributed by atoms with E-state index < -0.39 is 4.92 Å². The number of nitrogens with zero attached hydrogens (tertiary/aromatic N) is 4. The summed E-state index contributed by atoms with van der Waals surface area (Å²) >= 11 is 6.67. The lowest BCUT2D eigenvalue weighted by Crippen LogP contribution is -2.48. The Kier molecular flexibility index (Phi) is 8.26. The predicted octanol–water partition coefficient (Wildman–Crippen LogP) is 4.48. The zero-order chi connectivity index (χ0) is 26.0. The zero-order valence-corrected chi connectivity index (χ0v) is 23.1. The number of aromatic nitrogens is 1. The molecule has 1 N–H and O–H groups in total. The Morgan fingerprint density at radius 2 is 1.78 bits per heavy atom. The van der Waals surface area contributed by atoms with Gasteiger partial charge in [-0.05, 0) is 54.8 Å². The third-order valence-electron chi connectivity index (χ3n) is 6.23. The second-order valence-corrected chi connectivity index (χ2v) is 11.0. The van der Waals surface area contributed by atoms with Crippen LogP contribution in [0.4, 0.5) is 11.4 Å². The molecule has 2 saturated heterocycles. The summed E-state index contributed by atoms with van der Waals surface area (Å²) in [6.45, 7) is 5.50. The first kappa shape index (κ1) is 26.5. The van der Waals surface area contributed by atoms with Crippen LogP contribution in [0, 0.1) is 10.1 Å². The number of hydrogen-bond acceptors (Lipinski definition) is 7. The standard InChI is InChI=1S/C24H27Br2N5O5/c1-14-11-30(12-15(2)36-14)24(33)20-7-17(25)8-21(31(34)35)22(20)28-19-4-3-5-29(13-19)23(32)16-6-18(26)10-27-9-16/h6-10,14-15,19,28H,3-5,11-13H2,1-2H3/t14-,15+,19-/m1/s1. The SMILES string of the molecule is C[C@@H]1CN(C(=O)c2cc(Br)cc([N+](=O)[O-])c2N[C@@H]2CCCN(C(=O)c3cncc(Br)c3)C2)C[C@H](C)O1. The topological polar surface area (TPSA) is 118 Å². The van der Waals surface area contributed by atoms with E-state index in [1.807, 2.05) is 13.8 Å².